The predicted octanol–water partition coefficient (Wildman–Crippen LogP) is 2.76. The van der Waals surface area contributed by atoms with Gasteiger partial charge >= 0.3 is 0 Å². The van der Waals surface area contributed by atoms with Crippen LogP contribution in [-0.2, 0) is 13.1 Å². The molecular weight excluding hydrogens is 366 g/mol. The smallest absolute Gasteiger partial charge is 0.261 e. The first-order valence-electron chi connectivity index (χ1n) is 9.35. The van der Waals surface area contributed by atoms with E-state index < -0.39 is 0 Å². The molecule has 7 heteroatoms. The Morgan fingerprint density at radius 1 is 1.00 bits per heavy atom. The number of nitrogens with one attached hydrogen (secondary N) is 2. The Bertz CT molecular complexity index is 1290. The van der Waals surface area contributed by atoms with E-state index in [9.17, 15) is 9.59 Å². The van der Waals surface area contributed by atoms with Gasteiger partial charge in [-0.2, -0.15) is 0 Å². The van der Waals surface area contributed by atoms with Crippen LogP contribution in [0.15, 0.2) is 64.2 Å². The highest BCUT2D eigenvalue weighted by atomic mass is 16.1. The fourth-order valence-corrected chi connectivity index (χ4v) is 3.19. The van der Waals surface area contributed by atoms with E-state index in [0.717, 1.165) is 5.56 Å². The van der Waals surface area contributed by atoms with Crippen molar-refractivity contribution in [3.8, 4) is 0 Å². The molecule has 2 N–H and O–H groups in total. The molecule has 0 saturated carbocycles. The molecule has 0 fully saturated rings. The fourth-order valence-electron chi connectivity index (χ4n) is 3.19. The number of hydrogen-bond acceptors (Lipinski definition) is 5. The molecule has 0 spiro atoms. The number of aromatic nitrogens is 4. The van der Waals surface area contributed by atoms with Gasteiger partial charge in [0.25, 0.3) is 11.1 Å². The van der Waals surface area contributed by atoms with E-state index in [1.54, 1.807) is 13.0 Å². The SMILES string of the molecule is Cc1ccc(CNc2nc(Cn3c(C)nc4ccccc4c3=O)cc(=O)[nH]2)cc1. The largest absolute Gasteiger partial charge is 0.352 e. The van der Waals surface area contributed by atoms with Gasteiger partial charge in [-0.1, -0.05) is 42.0 Å². The summed E-state index contributed by atoms with van der Waals surface area (Å²) in [6, 6.07) is 16.7. The first-order chi connectivity index (χ1) is 14.0. The summed E-state index contributed by atoms with van der Waals surface area (Å²) >= 11 is 0. The molecular formula is C22H21N5O2. The number of anilines is 1. The Balaban J connectivity index is 1.61. The minimum absolute atomic E-state index is 0.149. The summed E-state index contributed by atoms with van der Waals surface area (Å²) in [5.74, 6) is 0.942. The van der Waals surface area contributed by atoms with E-state index in [0.29, 0.717) is 34.9 Å². The molecule has 0 unspecified atom stereocenters. The summed E-state index contributed by atoms with van der Waals surface area (Å²) in [5, 5.41) is 3.68. The van der Waals surface area contributed by atoms with E-state index in [1.165, 1.54) is 16.2 Å². The van der Waals surface area contributed by atoms with Gasteiger partial charge in [-0.3, -0.25) is 19.1 Å². The van der Waals surface area contributed by atoms with Gasteiger partial charge in [-0.25, -0.2) is 9.97 Å². The van der Waals surface area contributed by atoms with E-state index >= 15 is 0 Å². The molecule has 0 saturated heterocycles. The summed E-state index contributed by atoms with van der Waals surface area (Å²) in [6.45, 7) is 4.51. The van der Waals surface area contributed by atoms with Gasteiger partial charge in [-0.15, -0.1) is 0 Å². The van der Waals surface area contributed by atoms with E-state index in [1.807, 2.05) is 49.4 Å². The number of hydrogen-bond donors (Lipinski definition) is 2. The van der Waals surface area contributed by atoms with Crippen LogP contribution in [0.1, 0.15) is 22.6 Å². The average molecular weight is 387 g/mol. The van der Waals surface area contributed by atoms with Crippen molar-refractivity contribution in [1.29, 1.82) is 0 Å². The van der Waals surface area contributed by atoms with Crippen LogP contribution >= 0.6 is 0 Å². The number of aryl methyl sites for hydroxylation is 2. The zero-order valence-corrected chi connectivity index (χ0v) is 16.3. The van der Waals surface area contributed by atoms with Gasteiger partial charge in [-0.05, 0) is 31.5 Å². The molecule has 0 amide bonds. The number of aromatic amines is 1. The number of para-hydroxylation sites is 1. The minimum atomic E-state index is -0.277. The molecule has 0 aliphatic rings. The van der Waals surface area contributed by atoms with Crippen LogP contribution in [-0.4, -0.2) is 19.5 Å². The third-order valence-electron chi connectivity index (χ3n) is 4.75. The Hall–Kier alpha value is -3.74. The second kappa shape index (κ2) is 7.71. The monoisotopic (exact) mass is 387 g/mol. The number of nitrogens with zero attached hydrogens (tertiary/aromatic N) is 3. The van der Waals surface area contributed by atoms with Gasteiger partial charge < -0.3 is 5.32 Å². The lowest BCUT2D eigenvalue weighted by atomic mass is 10.1. The molecule has 4 rings (SSSR count). The van der Waals surface area contributed by atoms with Crippen LogP contribution in [0.4, 0.5) is 5.95 Å². The lowest BCUT2D eigenvalue weighted by Crippen LogP contribution is -2.26. The van der Waals surface area contributed by atoms with E-state index in [-0.39, 0.29) is 17.7 Å². The van der Waals surface area contributed by atoms with Crippen molar-refractivity contribution in [3.63, 3.8) is 0 Å². The quantitative estimate of drug-likeness (QED) is 0.549. The first kappa shape index (κ1) is 18.6. The van der Waals surface area contributed by atoms with Gasteiger partial charge in [0.15, 0.2) is 0 Å². The Kier molecular flexibility index (Phi) is 4.95. The standard InChI is InChI=1S/C22H21N5O2/c1-14-7-9-16(10-8-14)12-23-22-25-17(11-20(28)26-22)13-27-15(2)24-19-6-4-3-5-18(19)21(27)29/h3-11H,12-13H2,1-2H3,(H2,23,25,26,28). The molecule has 29 heavy (non-hydrogen) atoms. The number of fused-ring (bicyclic) bond motifs is 1. The van der Waals surface area contributed by atoms with Gasteiger partial charge in [0.1, 0.15) is 5.82 Å². The van der Waals surface area contributed by atoms with Gasteiger partial charge in [0.05, 0.1) is 23.1 Å². The number of rotatable bonds is 5. The second-order valence-corrected chi connectivity index (χ2v) is 6.99. The fraction of sp³-hybridized carbons (Fsp3) is 0.182. The average Bonchev–Trinajstić information content (AvgIpc) is 2.70. The van der Waals surface area contributed by atoms with Crippen molar-refractivity contribution in [1.82, 2.24) is 19.5 Å². The first-order valence-corrected chi connectivity index (χ1v) is 9.35. The molecule has 2 aromatic heterocycles. The molecule has 0 aliphatic heterocycles. The van der Waals surface area contributed by atoms with Crippen molar-refractivity contribution in [2.75, 3.05) is 5.32 Å². The van der Waals surface area contributed by atoms with Crippen LogP contribution in [0.3, 0.4) is 0 Å². The summed E-state index contributed by atoms with van der Waals surface area (Å²) in [7, 11) is 0. The molecule has 0 aliphatic carbocycles. The molecule has 0 bridgehead atoms. The van der Waals surface area contributed by atoms with Crippen molar-refractivity contribution >= 4 is 16.9 Å². The Morgan fingerprint density at radius 3 is 2.55 bits per heavy atom. The lowest BCUT2D eigenvalue weighted by Gasteiger charge is -2.11. The van der Waals surface area contributed by atoms with Gasteiger partial charge in [0, 0.05) is 12.6 Å². The van der Waals surface area contributed by atoms with E-state index in [4.69, 9.17) is 0 Å². The summed E-state index contributed by atoms with van der Waals surface area (Å²) in [4.78, 5) is 36.6. The van der Waals surface area contributed by atoms with E-state index in [2.05, 4.69) is 20.3 Å². The van der Waals surface area contributed by atoms with Crippen LogP contribution in [0.25, 0.3) is 10.9 Å². The Labute approximate surface area is 167 Å². The second-order valence-electron chi connectivity index (χ2n) is 6.99. The van der Waals surface area contributed by atoms with Crippen molar-refractivity contribution in [3.05, 3.63) is 98.0 Å². The number of H-pyrrole nitrogens is 1. The highest BCUT2D eigenvalue weighted by Gasteiger charge is 2.10. The summed E-state index contributed by atoms with van der Waals surface area (Å²) in [5.41, 5.74) is 2.99. The third kappa shape index (κ3) is 4.08. The predicted molar refractivity (Wildman–Crippen MR) is 113 cm³/mol. The van der Waals surface area contributed by atoms with Crippen LogP contribution in [0.5, 0.6) is 0 Å². The topological polar surface area (TPSA) is 92.7 Å². The van der Waals surface area contributed by atoms with Crippen molar-refractivity contribution in [2.45, 2.75) is 26.9 Å². The summed E-state index contributed by atoms with van der Waals surface area (Å²) < 4.78 is 1.54. The molecule has 2 heterocycles. The molecule has 7 nitrogen and oxygen atoms in total. The molecule has 2 aromatic carbocycles. The maximum atomic E-state index is 12.9. The Morgan fingerprint density at radius 2 is 1.76 bits per heavy atom. The van der Waals surface area contributed by atoms with Crippen LogP contribution in [0.2, 0.25) is 0 Å². The highest BCUT2D eigenvalue weighted by Crippen LogP contribution is 2.09. The summed E-state index contributed by atoms with van der Waals surface area (Å²) in [6.07, 6.45) is 0. The maximum Gasteiger partial charge on any atom is 0.261 e. The maximum absolute atomic E-state index is 12.9. The molecule has 0 atom stereocenters. The van der Waals surface area contributed by atoms with Crippen molar-refractivity contribution < 1.29 is 0 Å². The number of benzene rings is 2. The van der Waals surface area contributed by atoms with Crippen molar-refractivity contribution in [2.24, 2.45) is 0 Å². The molecule has 0 radical (unpaired) electrons. The van der Waals surface area contributed by atoms with Gasteiger partial charge in [0.2, 0.25) is 5.95 Å². The zero-order valence-electron chi connectivity index (χ0n) is 16.3. The highest BCUT2D eigenvalue weighted by molar-refractivity contribution is 5.77. The van der Waals surface area contributed by atoms with Crippen LogP contribution < -0.4 is 16.4 Å². The minimum Gasteiger partial charge on any atom is -0.352 e. The molecule has 4 aromatic rings. The lowest BCUT2D eigenvalue weighted by molar-refractivity contribution is 0.694. The normalized spacial score (nSPS) is 11.0. The molecule has 146 valence electrons. The third-order valence-corrected chi connectivity index (χ3v) is 4.75. The zero-order chi connectivity index (χ0) is 20.4. The van der Waals surface area contributed by atoms with Crippen LogP contribution in [0, 0.1) is 13.8 Å².